The normalized spacial score (nSPS) is 10.3. The zero-order chi connectivity index (χ0) is 22.6. The summed E-state index contributed by atoms with van der Waals surface area (Å²) in [5.41, 5.74) is -1.47. The fraction of sp³-hybridized carbons (Fsp3) is 0.158. The summed E-state index contributed by atoms with van der Waals surface area (Å²) in [4.78, 5) is 59.6. The van der Waals surface area contributed by atoms with Gasteiger partial charge in [-0.3, -0.25) is 24.5 Å². The first-order chi connectivity index (χ1) is 14.0. The van der Waals surface area contributed by atoms with Crippen LogP contribution in [0.25, 0.3) is 0 Å². The Kier molecular flexibility index (Phi) is 7.01. The van der Waals surface area contributed by atoms with Gasteiger partial charge >= 0.3 is 11.9 Å². The van der Waals surface area contributed by atoms with E-state index in [1.54, 1.807) is 19.1 Å². The highest BCUT2D eigenvalue weighted by Crippen LogP contribution is 2.32. The number of nitro groups is 1. The van der Waals surface area contributed by atoms with Crippen LogP contribution in [0.5, 0.6) is 0 Å². The molecule has 0 spiro atoms. The summed E-state index contributed by atoms with van der Waals surface area (Å²) >= 11 is 3.22. The maximum absolute atomic E-state index is 13.3. The molecule has 156 valence electrons. The van der Waals surface area contributed by atoms with Crippen LogP contribution in [0, 0.1) is 17.0 Å². The van der Waals surface area contributed by atoms with Crippen LogP contribution in [0.3, 0.4) is 0 Å². The molecule has 0 aliphatic heterocycles. The number of aliphatic carboxylic acids is 1. The monoisotopic (exact) mass is 478 g/mol. The Morgan fingerprint density at radius 1 is 1.10 bits per heavy atom. The van der Waals surface area contributed by atoms with Gasteiger partial charge in [0.25, 0.3) is 11.6 Å². The van der Waals surface area contributed by atoms with E-state index in [1.165, 1.54) is 6.07 Å². The average Bonchev–Trinajstić information content (AvgIpc) is 2.67. The van der Waals surface area contributed by atoms with E-state index in [0.29, 0.717) is 4.90 Å². The number of hydrogen-bond acceptors (Lipinski definition) is 6. The van der Waals surface area contributed by atoms with Crippen molar-refractivity contribution in [2.45, 2.75) is 19.8 Å². The van der Waals surface area contributed by atoms with Gasteiger partial charge in [0.2, 0.25) is 5.91 Å². The molecule has 0 aromatic heterocycles. The molecule has 2 N–H and O–H groups in total. The molecule has 0 saturated carbocycles. The minimum Gasteiger partial charge on any atom is -0.481 e. The number of aryl methyl sites for hydroxylation is 1. The summed E-state index contributed by atoms with van der Waals surface area (Å²) in [6.45, 7) is 1.75. The predicted molar refractivity (Wildman–Crippen MR) is 108 cm³/mol. The van der Waals surface area contributed by atoms with E-state index in [4.69, 9.17) is 5.11 Å². The van der Waals surface area contributed by atoms with E-state index in [2.05, 4.69) is 15.9 Å². The van der Waals surface area contributed by atoms with Gasteiger partial charge in [-0.05, 0) is 46.6 Å². The number of carboxylic acid groups (broad SMARTS) is 2. The number of amides is 2. The molecule has 0 saturated heterocycles. The van der Waals surface area contributed by atoms with Crippen LogP contribution < -0.4 is 4.90 Å². The lowest BCUT2D eigenvalue weighted by Crippen LogP contribution is -2.38. The SMILES string of the molecule is Cc1ccc(N(C(=O)CCC(=O)O)C(=O)c2c(C(=O)O)cccc2[N+](=O)[O-])c(Br)c1. The third-order valence-electron chi connectivity index (χ3n) is 4.03. The molecule has 0 atom stereocenters. The molecular weight excluding hydrogens is 464 g/mol. The molecule has 11 heteroatoms. The highest BCUT2D eigenvalue weighted by atomic mass is 79.9. The molecule has 0 unspecified atom stereocenters. The van der Waals surface area contributed by atoms with Gasteiger partial charge in [-0.2, -0.15) is 0 Å². The summed E-state index contributed by atoms with van der Waals surface area (Å²) in [6.07, 6.45) is -1.17. The van der Waals surface area contributed by atoms with Crippen molar-refractivity contribution in [3.05, 3.63) is 67.7 Å². The van der Waals surface area contributed by atoms with Crippen molar-refractivity contribution in [2.24, 2.45) is 0 Å². The van der Waals surface area contributed by atoms with Crippen LogP contribution in [0.15, 0.2) is 40.9 Å². The number of halogens is 1. The van der Waals surface area contributed by atoms with Gasteiger partial charge in [0, 0.05) is 17.0 Å². The number of anilines is 1. The van der Waals surface area contributed by atoms with Gasteiger partial charge in [0.05, 0.1) is 22.6 Å². The average molecular weight is 479 g/mol. The van der Waals surface area contributed by atoms with E-state index in [9.17, 15) is 34.4 Å². The van der Waals surface area contributed by atoms with Crippen LogP contribution in [0.4, 0.5) is 11.4 Å². The maximum Gasteiger partial charge on any atom is 0.336 e. The lowest BCUT2D eigenvalue weighted by Gasteiger charge is -2.23. The fourth-order valence-electron chi connectivity index (χ4n) is 2.68. The van der Waals surface area contributed by atoms with Crippen LogP contribution in [-0.4, -0.2) is 38.9 Å². The molecule has 0 heterocycles. The Labute approximate surface area is 178 Å². The van der Waals surface area contributed by atoms with Gasteiger partial charge < -0.3 is 10.2 Å². The third kappa shape index (κ3) is 4.87. The minimum atomic E-state index is -1.59. The van der Waals surface area contributed by atoms with Crippen LogP contribution in [0.1, 0.15) is 39.1 Å². The first kappa shape index (κ1) is 22.7. The Morgan fingerprint density at radius 2 is 1.77 bits per heavy atom. The summed E-state index contributed by atoms with van der Waals surface area (Å²) in [7, 11) is 0. The second-order valence-corrected chi connectivity index (χ2v) is 7.00. The smallest absolute Gasteiger partial charge is 0.336 e. The minimum absolute atomic E-state index is 0.00419. The van der Waals surface area contributed by atoms with Crippen molar-refractivity contribution in [3.63, 3.8) is 0 Å². The first-order valence-corrected chi connectivity index (χ1v) is 9.19. The van der Waals surface area contributed by atoms with E-state index in [0.717, 1.165) is 23.8 Å². The number of benzene rings is 2. The zero-order valence-electron chi connectivity index (χ0n) is 15.5. The van der Waals surface area contributed by atoms with Gasteiger partial charge in [-0.15, -0.1) is 0 Å². The third-order valence-corrected chi connectivity index (χ3v) is 4.67. The van der Waals surface area contributed by atoms with E-state index >= 15 is 0 Å². The quantitative estimate of drug-likeness (QED) is 0.452. The molecule has 30 heavy (non-hydrogen) atoms. The Hall–Kier alpha value is -3.60. The standard InChI is InChI=1S/C19H15BrN2O8/c1-10-5-6-13(12(20)9-10)21(15(23)7-8-16(24)25)18(26)17-11(19(27)28)3-2-4-14(17)22(29)30/h2-6,9H,7-8H2,1H3,(H,24,25)(H,27,28). The highest BCUT2D eigenvalue weighted by Gasteiger charge is 2.35. The van der Waals surface area contributed by atoms with Crippen molar-refractivity contribution in [1.82, 2.24) is 0 Å². The topological polar surface area (TPSA) is 155 Å². The summed E-state index contributed by atoms with van der Waals surface area (Å²) in [5, 5.41) is 29.7. The lowest BCUT2D eigenvalue weighted by atomic mass is 10.0. The molecule has 0 bridgehead atoms. The van der Waals surface area contributed by atoms with Crippen molar-refractivity contribution >= 4 is 51.1 Å². The lowest BCUT2D eigenvalue weighted by molar-refractivity contribution is -0.385. The number of nitrogens with zero attached hydrogens (tertiary/aromatic N) is 2. The Balaban J connectivity index is 2.72. The van der Waals surface area contributed by atoms with Gasteiger partial charge in [-0.1, -0.05) is 12.1 Å². The number of carbonyl (C=O) groups is 4. The molecular formula is C19H15BrN2O8. The van der Waals surface area contributed by atoms with E-state index < -0.39 is 58.3 Å². The zero-order valence-corrected chi connectivity index (χ0v) is 17.1. The highest BCUT2D eigenvalue weighted by molar-refractivity contribution is 9.10. The first-order valence-electron chi connectivity index (χ1n) is 8.40. The number of hydrogen-bond donors (Lipinski definition) is 2. The number of aromatic carboxylic acids is 1. The van der Waals surface area contributed by atoms with Crippen LogP contribution in [-0.2, 0) is 9.59 Å². The number of carboxylic acids is 2. The molecule has 0 fully saturated rings. The summed E-state index contributed by atoms with van der Waals surface area (Å²) in [6, 6.07) is 7.61. The molecule has 2 rings (SSSR count). The van der Waals surface area contributed by atoms with Crippen LogP contribution >= 0.6 is 15.9 Å². The van der Waals surface area contributed by atoms with Gasteiger partial charge in [0.1, 0.15) is 5.56 Å². The van der Waals surface area contributed by atoms with Crippen molar-refractivity contribution in [1.29, 1.82) is 0 Å². The van der Waals surface area contributed by atoms with E-state index in [1.807, 2.05) is 0 Å². The molecule has 0 aliphatic rings. The molecule has 0 aliphatic carbocycles. The number of imide groups is 1. The van der Waals surface area contributed by atoms with Crippen molar-refractivity contribution < 1.29 is 34.3 Å². The molecule has 2 aromatic carbocycles. The molecule has 10 nitrogen and oxygen atoms in total. The largest absolute Gasteiger partial charge is 0.481 e. The molecule has 2 amide bonds. The van der Waals surface area contributed by atoms with Crippen molar-refractivity contribution in [2.75, 3.05) is 4.90 Å². The molecule has 0 radical (unpaired) electrons. The van der Waals surface area contributed by atoms with Gasteiger partial charge in [-0.25, -0.2) is 9.69 Å². The number of rotatable bonds is 7. The van der Waals surface area contributed by atoms with Gasteiger partial charge in [0.15, 0.2) is 0 Å². The maximum atomic E-state index is 13.3. The summed E-state index contributed by atoms with van der Waals surface area (Å²) in [5.74, 6) is -5.08. The Bertz CT molecular complexity index is 1030. The fourth-order valence-corrected chi connectivity index (χ4v) is 3.35. The number of carbonyl (C=O) groups excluding carboxylic acids is 2. The second kappa shape index (κ2) is 9.27. The second-order valence-electron chi connectivity index (χ2n) is 6.14. The Morgan fingerprint density at radius 3 is 2.30 bits per heavy atom. The van der Waals surface area contributed by atoms with Crippen LogP contribution in [0.2, 0.25) is 0 Å². The number of nitro benzene ring substituents is 1. The van der Waals surface area contributed by atoms with Crippen molar-refractivity contribution in [3.8, 4) is 0 Å². The summed E-state index contributed by atoms with van der Waals surface area (Å²) < 4.78 is 0.287. The molecule has 2 aromatic rings. The van der Waals surface area contributed by atoms with E-state index in [-0.39, 0.29) is 10.2 Å². The predicted octanol–water partition coefficient (Wildman–Crippen LogP) is 3.40.